The minimum Gasteiger partial charge on any atom is -1.00 e. The second-order valence-corrected chi connectivity index (χ2v) is 8.41. The molecule has 0 unspecified atom stereocenters. The van der Waals surface area contributed by atoms with Gasteiger partial charge in [0.25, 0.3) is 0 Å². The van der Waals surface area contributed by atoms with E-state index in [-0.39, 0.29) is 21.2 Å². The van der Waals surface area contributed by atoms with Crippen molar-refractivity contribution in [3.05, 3.63) is 60.7 Å². The normalized spacial score (nSPS) is 8.78. The Balaban J connectivity index is 0.00000242. The molecule has 0 heterocycles. The molecule has 0 bridgehead atoms. The number of halogens is 2. The summed E-state index contributed by atoms with van der Waals surface area (Å²) < 4.78 is 3.54. The van der Waals surface area contributed by atoms with Crippen LogP contribution in [0.25, 0.3) is 0 Å². The summed E-state index contributed by atoms with van der Waals surface area (Å²) >= 11 is -1.88. The maximum Gasteiger partial charge on any atom is -1.00 e. The number of carbonyl (C=O) groups excluding carboxylic acids is 2. The van der Waals surface area contributed by atoms with Crippen LogP contribution in [-0.2, 0) is 33.1 Å². The van der Waals surface area contributed by atoms with Gasteiger partial charge in [0.15, 0.2) is 0 Å². The van der Waals surface area contributed by atoms with Crippen molar-refractivity contribution in [1.29, 1.82) is 0 Å². The van der Waals surface area contributed by atoms with Gasteiger partial charge < -0.3 is 9.41 Å². The number of nitrogens with zero attached hydrogens (tertiary/aromatic N) is 2. The van der Waals surface area contributed by atoms with Crippen LogP contribution in [0.1, 0.15) is 13.8 Å². The molecule has 0 radical (unpaired) electrons. The SMILES string of the molecule is CC(=O)[N]([Hf+2][N](C(C)=O)c1ccccc1)c1ccccc1.[F-].[F-]. The second kappa shape index (κ2) is 9.99. The van der Waals surface area contributed by atoms with Crippen LogP contribution in [0, 0.1) is 0 Å². The molecule has 2 rings (SSSR count). The van der Waals surface area contributed by atoms with Crippen molar-refractivity contribution in [1.82, 2.24) is 0 Å². The Kier molecular flexibility index (Phi) is 9.17. The third-order valence-electron chi connectivity index (χ3n) is 2.86. The van der Waals surface area contributed by atoms with Crippen LogP contribution >= 0.6 is 0 Å². The molecule has 0 N–H and O–H groups in total. The third kappa shape index (κ3) is 5.67. The maximum absolute atomic E-state index is 12.0. The molecule has 0 aliphatic rings. The molecule has 0 aromatic heterocycles. The number of anilines is 2. The van der Waals surface area contributed by atoms with Crippen LogP contribution in [0.5, 0.6) is 0 Å². The number of rotatable bonds is 4. The van der Waals surface area contributed by atoms with Crippen LogP contribution in [0.2, 0.25) is 0 Å². The number of benzene rings is 2. The van der Waals surface area contributed by atoms with Crippen LogP contribution < -0.4 is 15.2 Å². The van der Waals surface area contributed by atoms with Crippen molar-refractivity contribution in [2.45, 2.75) is 13.8 Å². The van der Waals surface area contributed by atoms with Crippen molar-refractivity contribution in [2.24, 2.45) is 0 Å². The Bertz CT molecular complexity index is 571. The van der Waals surface area contributed by atoms with Gasteiger partial charge in [0.1, 0.15) is 0 Å². The van der Waals surface area contributed by atoms with Crippen LogP contribution in [-0.4, -0.2) is 11.8 Å². The van der Waals surface area contributed by atoms with Gasteiger partial charge in [0.05, 0.1) is 0 Å². The molecule has 23 heavy (non-hydrogen) atoms. The van der Waals surface area contributed by atoms with Crippen molar-refractivity contribution in [3.63, 3.8) is 0 Å². The zero-order valence-electron chi connectivity index (χ0n) is 12.7. The first-order valence-electron chi connectivity index (χ1n) is 6.57. The van der Waals surface area contributed by atoms with Crippen molar-refractivity contribution >= 4 is 23.2 Å². The quantitative estimate of drug-likeness (QED) is 0.435. The minimum atomic E-state index is -1.88. The molecule has 0 atom stereocenters. The summed E-state index contributed by atoms with van der Waals surface area (Å²) in [6.07, 6.45) is 0. The molecule has 2 amide bonds. The third-order valence-corrected chi connectivity index (χ3v) is 8.41. The number of carbonyl (C=O) groups is 2. The summed E-state index contributed by atoms with van der Waals surface area (Å²) in [5.74, 6) is -0.0431. The molecule has 0 aliphatic heterocycles. The molecular weight excluding hydrogens is 469 g/mol. The topological polar surface area (TPSA) is 40.6 Å². The first-order chi connectivity index (χ1) is 10.1. The number of hydrogen-bond acceptors (Lipinski definition) is 2. The van der Waals surface area contributed by atoms with Crippen LogP contribution in [0.3, 0.4) is 0 Å². The molecule has 0 saturated carbocycles. The molecule has 2 aromatic carbocycles. The largest absolute Gasteiger partial charge is 1.00 e. The fourth-order valence-corrected chi connectivity index (χ4v) is 5.51. The van der Waals surface area contributed by atoms with Gasteiger partial charge in [0, 0.05) is 0 Å². The van der Waals surface area contributed by atoms with E-state index in [9.17, 15) is 9.59 Å². The van der Waals surface area contributed by atoms with E-state index in [1.54, 1.807) is 19.6 Å². The maximum atomic E-state index is 12.0. The first-order valence-corrected chi connectivity index (χ1v) is 9.78. The van der Waals surface area contributed by atoms with Gasteiger partial charge in [-0.1, -0.05) is 0 Å². The zero-order valence-corrected chi connectivity index (χ0v) is 16.3. The standard InChI is InChI=1S/2C8H9NO.2FH.Hf/c2*1-7(10)9-8-5-3-2-4-6-8;;;/h2*2-6H,1H3,(H,9,10);2*1H;/q;;;;+4/p-4. The zero-order chi connectivity index (χ0) is 15.2. The molecule has 7 heteroatoms. The summed E-state index contributed by atoms with van der Waals surface area (Å²) in [5.41, 5.74) is 1.71. The predicted molar refractivity (Wildman–Crippen MR) is 79.2 cm³/mol. The van der Waals surface area contributed by atoms with E-state index in [0.717, 1.165) is 11.4 Å². The van der Waals surface area contributed by atoms with Gasteiger partial charge in [-0.3, -0.25) is 0 Å². The number of para-hydroxylation sites is 2. The Hall–Kier alpha value is -1.89. The Labute approximate surface area is 146 Å². The van der Waals surface area contributed by atoms with Crippen molar-refractivity contribution in [2.75, 3.05) is 5.78 Å². The summed E-state index contributed by atoms with van der Waals surface area (Å²) in [4.78, 5) is 23.9. The van der Waals surface area contributed by atoms with E-state index < -0.39 is 23.5 Å². The first kappa shape index (κ1) is 21.1. The van der Waals surface area contributed by atoms with E-state index >= 15 is 0 Å². The Morgan fingerprint density at radius 3 is 1.26 bits per heavy atom. The van der Waals surface area contributed by atoms with Gasteiger partial charge in [-0.25, -0.2) is 0 Å². The molecule has 0 aliphatic carbocycles. The number of amides is 2. The van der Waals surface area contributed by atoms with Crippen LogP contribution in [0.4, 0.5) is 11.4 Å². The van der Waals surface area contributed by atoms with Gasteiger partial charge in [-0.05, 0) is 0 Å². The molecule has 0 fully saturated rings. The van der Waals surface area contributed by atoms with Crippen molar-refractivity contribution < 1.29 is 42.5 Å². The molecule has 0 saturated heterocycles. The summed E-state index contributed by atoms with van der Waals surface area (Å²) in [6, 6.07) is 19.0. The molecule has 0 spiro atoms. The molecular formula is C16H16F2HfN2O2. The molecule has 4 nitrogen and oxygen atoms in total. The predicted octanol–water partition coefficient (Wildman–Crippen LogP) is -2.99. The average molecular weight is 485 g/mol. The minimum absolute atomic E-state index is 0. The van der Waals surface area contributed by atoms with E-state index in [1.807, 2.05) is 60.7 Å². The van der Waals surface area contributed by atoms with Crippen LogP contribution in [0.15, 0.2) is 60.7 Å². The van der Waals surface area contributed by atoms with E-state index in [4.69, 9.17) is 0 Å². The van der Waals surface area contributed by atoms with Gasteiger partial charge in [-0.2, -0.15) is 0 Å². The summed E-state index contributed by atoms with van der Waals surface area (Å²) in [6.45, 7) is 3.09. The average Bonchev–Trinajstić information content (AvgIpc) is 2.49. The number of hydrogen-bond donors (Lipinski definition) is 0. The van der Waals surface area contributed by atoms with E-state index in [2.05, 4.69) is 0 Å². The molecule has 120 valence electrons. The Morgan fingerprint density at radius 2 is 1.00 bits per heavy atom. The van der Waals surface area contributed by atoms with E-state index in [0.29, 0.717) is 0 Å². The van der Waals surface area contributed by atoms with Gasteiger partial charge in [0.2, 0.25) is 0 Å². The monoisotopic (exact) mass is 486 g/mol. The van der Waals surface area contributed by atoms with Gasteiger partial charge >= 0.3 is 137 Å². The smallest absolute Gasteiger partial charge is 1.00 e. The fourth-order valence-electron chi connectivity index (χ4n) is 1.87. The second-order valence-electron chi connectivity index (χ2n) is 4.48. The van der Waals surface area contributed by atoms with E-state index in [1.165, 1.54) is 0 Å². The summed E-state index contributed by atoms with van der Waals surface area (Å²) in [5, 5.41) is 0. The Morgan fingerprint density at radius 1 is 0.696 bits per heavy atom. The fraction of sp³-hybridized carbons (Fsp3) is 0.125. The van der Waals surface area contributed by atoms with Crippen molar-refractivity contribution in [3.8, 4) is 0 Å². The van der Waals surface area contributed by atoms with Gasteiger partial charge in [-0.15, -0.1) is 0 Å². The summed E-state index contributed by atoms with van der Waals surface area (Å²) in [7, 11) is 0. The molecule has 2 aromatic rings.